The zero-order valence-corrected chi connectivity index (χ0v) is 16.6. The van der Waals surface area contributed by atoms with Gasteiger partial charge < -0.3 is 5.32 Å². The highest BCUT2D eigenvalue weighted by Gasteiger charge is 2.22. The van der Waals surface area contributed by atoms with Crippen LogP contribution in [0.5, 0.6) is 0 Å². The highest BCUT2D eigenvalue weighted by Crippen LogP contribution is 2.22. The summed E-state index contributed by atoms with van der Waals surface area (Å²) in [4.78, 5) is 34.2. The minimum absolute atomic E-state index is 0.00953. The minimum Gasteiger partial charge on any atom is -0.321 e. The quantitative estimate of drug-likeness (QED) is 0.364. The molecule has 0 unspecified atom stereocenters. The van der Waals surface area contributed by atoms with Crippen molar-refractivity contribution in [1.29, 1.82) is 0 Å². The molecule has 0 aliphatic carbocycles. The van der Waals surface area contributed by atoms with Crippen molar-refractivity contribution in [2.45, 2.75) is 37.5 Å². The van der Waals surface area contributed by atoms with Crippen LogP contribution in [-0.4, -0.2) is 25.2 Å². The number of benzene rings is 2. The minimum atomic E-state index is -4.18. The maximum atomic E-state index is 12.6. The summed E-state index contributed by atoms with van der Waals surface area (Å²) in [6, 6.07) is 10.5. The highest BCUT2D eigenvalue weighted by molar-refractivity contribution is 7.90. The molecule has 0 bridgehead atoms. The fraction of sp³-hybridized carbons (Fsp3) is 0.263. The second kappa shape index (κ2) is 9.78. The van der Waals surface area contributed by atoms with E-state index in [1.807, 2.05) is 11.6 Å². The van der Waals surface area contributed by atoms with E-state index in [2.05, 4.69) is 5.32 Å². The SMILES string of the molecule is CCCCCC(=O)NS(=O)(=O)c1ccccc1NC(=O)c1ccc([N+](=O)[O-])cc1. The number of hydrogen-bond donors (Lipinski definition) is 2. The molecule has 2 N–H and O–H groups in total. The number of nitro benzene ring substituents is 1. The standard InChI is InChI=1S/C19H21N3O6S/c1-2-3-4-9-18(23)21-29(27,28)17-8-6-5-7-16(17)20-19(24)14-10-12-15(13-11-14)22(25)26/h5-8,10-13H,2-4,9H2,1H3,(H,20,24)(H,21,23). The van der Waals surface area contributed by atoms with Gasteiger partial charge in [-0.2, -0.15) is 0 Å². The third kappa shape index (κ3) is 6.11. The molecule has 2 aromatic carbocycles. The predicted molar refractivity (Wildman–Crippen MR) is 107 cm³/mol. The number of para-hydroxylation sites is 1. The lowest BCUT2D eigenvalue weighted by Crippen LogP contribution is -2.31. The second-order valence-corrected chi connectivity index (χ2v) is 7.89. The van der Waals surface area contributed by atoms with Crippen LogP contribution >= 0.6 is 0 Å². The smallest absolute Gasteiger partial charge is 0.269 e. The Morgan fingerprint density at radius 3 is 2.31 bits per heavy atom. The molecular weight excluding hydrogens is 398 g/mol. The second-order valence-electron chi connectivity index (χ2n) is 6.24. The van der Waals surface area contributed by atoms with Gasteiger partial charge in [0.25, 0.3) is 21.6 Å². The van der Waals surface area contributed by atoms with Crippen LogP contribution < -0.4 is 10.0 Å². The number of sulfonamides is 1. The number of non-ortho nitro benzene ring substituents is 1. The summed E-state index contributed by atoms with van der Waals surface area (Å²) in [5, 5.41) is 13.2. The zero-order chi connectivity index (χ0) is 21.4. The zero-order valence-electron chi connectivity index (χ0n) is 15.8. The molecule has 9 nitrogen and oxygen atoms in total. The number of nitrogens with one attached hydrogen (secondary N) is 2. The summed E-state index contributed by atoms with van der Waals surface area (Å²) >= 11 is 0. The van der Waals surface area contributed by atoms with Crippen molar-refractivity contribution < 1.29 is 22.9 Å². The molecule has 0 atom stereocenters. The number of unbranched alkanes of at least 4 members (excludes halogenated alkanes) is 2. The van der Waals surface area contributed by atoms with E-state index < -0.39 is 26.8 Å². The van der Waals surface area contributed by atoms with E-state index in [0.29, 0.717) is 6.42 Å². The van der Waals surface area contributed by atoms with E-state index >= 15 is 0 Å². The Labute approximate surface area is 168 Å². The molecule has 2 aromatic rings. The molecule has 2 amide bonds. The molecule has 0 radical (unpaired) electrons. The number of anilines is 1. The molecule has 10 heteroatoms. The van der Waals surface area contributed by atoms with Crippen molar-refractivity contribution in [2.75, 3.05) is 5.32 Å². The van der Waals surface area contributed by atoms with Gasteiger partial charge in [-0.05, 0) is 30.7 Å². The number of hydrogen-bond acceptors (Lipinski definition) is 6. The van der Waals surface area contributed by atoms with Gasteiger partial charge in [-0.3, -0.25) is 19.7 Å². The Bertz CT molecular complexity index is 1000. The van der Waals surface area contributed by atoms with Gasteiger partial charge in [0.2, 0.25) is 5.91 Å². The third-order valence-corrected chi connectivity index (χ3v) is 5.45. The van der Waals surface area contributed by atoms with Gasteiger partial charge in [0, 0.05) is 24.1 Å². The predicted octanol–water partition coefficient (Wildman–Crippen LogP) is 3.23. The summed E-state index contributed by atoms with van der Waals surface area (Å²) < 4.78 is 27.2. The molecule has 0 spiro atoms. The summed E-state index contributed by atoms with van der Waals surface area (Å²) in [6.45, 7) is 1.97. The number of amides is 2. The van der Waals surface area contributed by atoms with Gasteiger partial charge in [-0.1, -0.05) is 31.9 Å². The van der Waals surface area contributed by atoms with Crippen molar-refractivity contribution in [1.82, 2.24) is 4.72 Å². The Kier molecular flexibility index (Phi) is 7.43. The lowest BCUT2D eigenvalue weighted by Gasteiger charge is -2.12. The average Bonchev–Trinajstić information content (AvgIpc) is 2.68. The lowest BCUT2D eigenvalue weighted by atomic mass is 10.2. The van der Waals surface area contributed by atoms with E-state index in [1.165, 1.54) is 48.5 Å². The van der Waals surface area contributed by atoms with E-state index in [1.54, 1.807) is 0 Å². The monoisotopic (exact) mass is 419 g/mol. The first-order chi connectivity index (χ1) is 13.7. The van der Waals surface area contributed by atoms with E-state index in [9.17, 15) is 28.1 Å². The first kappa shape index (κ1) is 22.0. The van der Waals surface area contributed by atoms with E-state index in [0.717, 1.165) is 12.8 Å². The summed E-state index contributed by atoms with van der Waals surface area (Å²) in [5.41, 5.74) is -0.0635. The largest absolute Gasteiger partial charge is 0.321 e. The van der Waals surface area contributed by atoms with Crippen LogP contribution in [0.25, 0.3) is 0 Å². The third-order valence-electron chi connectivity index (χ3n) is 4.02. The summed E-state index contributed by atoms with van der Waals surface area (Å²) in [5.74, 6) is -1.26. The molecule has 0 saturated carbocycles. The van der Waals surface area contributed by atoms with Crippen LogP contribution in [0.15, 0.2) is 53.4 Å². The van der Waals surface area contributed by atoms with Gasteiger partial charge in [0.15, 0.2) is 0 Å². The average molecular weight is 419 g/mol. The van der Waals surface area contributed by atoms with Crippen LogP contribution in [-0.2, 0) is 14.8 Å². The van der Waals surface area contributed by atoms with Gasteiger partial charge in [-0.15, -0.1) is 0 Å². The topological polar surface area (TPSA) is 135 Å². The molecule has 0 aromatic heterocycles. The van der Waals surface area contributed by atoms with Crippen LogP contribution in [0, 0.1) is 10.1 Å². The van der Waals surface area contributed by atoms with E-state index in [4.69, 9.17) is 0 Å². The van der Waals surface area contributed by atoms with Gasteiger partial charge in [0.1, 0.15) is 4.90 Å². The van der Waals surface area contributed by atoms with Crippen molar-refractivity contribution >= 4 is 33.2 Å². The van der Waals surface area contributed by atoms with Crippen LogP contribution in [0.3, 0.4) is 0 Å². The van der Waals surface area contributed by atoms with Crippen molar-refractivity contribution in [3.05, 3.63) is 64.2 Å². The molecule has 0 heterocycles. The molecule has 2 rings (SSSR count). The Morgan fingerprint density at radius 1 is 1.03 bits per heavy atom. The normalized spacial score (nSPS) is 10.9. The maximum absolute atomic E-state index is 12.6. The number of rotatable bonds is 9. The van der Waals surface area contributed by atoms with Gasteiger partial charge in [-0.25, -0.2) is 13.1 Å². The van der Waals surface area contributed by atoms with Crippen LogP contribution in [0.4, 0.5) is 11.4 Å². The van der Waals surface area contributed by atoms with Gasteiger partial charge >= 0.3 is 0 Å². The fourth-order valence-electron chi connectivity index (χ4n) is 2.52. The van der Waals surface area contributed by atoms with Gasteiger partial charge in [0.05, 0.1) is 10.6 Å². The van der Waals surface area contributed by atoms with E-state index in [-0.39, 0.29) is 28.3 Å². The van der Waals surface area contributed by atoms with Crippen molar-refractivity contribution in [3.63, 3.8) is 0 Å². The summed E-state index contributed by atoms with van der Waals surface area (Å²) in [7, 11) is -4.18. The molecule has 0 saturated heterocycles. The van der Waals surface area contributed by atoms with Crippen molar-refractivity contribution in [2.24, 2.45) is 0 Å². The lowest BCUT2D eigenvalue weighted by molar-refractivity contribution is -0.384. The summed E-state index contributed by atoms with van der Waals surface area (Å²) in [6.07, 6.45) is 2.38. The molecule has 154 valence electrons. The molecule has 0 aliphatic heterocycles. The number of nitro groups is 1. The Balaban J connectivity index is 2.18. The van der Waals surface area contributed by atoms with Crippen molar-refractivity contribution in [3.8, 4) is 0 Å². The molecule has 0 fully saturated rings. The van der Waals surface area contributed by atoms with Crippen LogP contribution in [0.1, 0.15) is 43.0 Å². The Hall–Kier alpha value is -3.27. The first-order valence-corrected chi connectivity index (χ1v) is 10.4. The molecular formula is C19H21N3O6S. The fourth-order valence-corrected chi connectivity index (χ4v) is 3.70. The Morgan fingerprint density at radius 2 is 1.69 bits per heavy atom. The number of nitrogens with zero attached hydrogens (tertiary/aromatic N) is 1. The van der Waals surface area contributed by atoms with Crippen LogP contribution in [0.2, 0.25) is 0 Å². The molecule has 29 heavy (non-hydrogen) atoms. The highest BCUT2D eigenvalue weighted by atomic mass is 32.2. The maximum Gasteiger partial charge on any atom is 0.269 e. The first-order valence-electron chi connectivity index (χ1n) is 8.95. The molecule has 0 aliphatic rings. The number of carbonyl (C=O) groups is 2. The number of carbonyl (C=O) groups excluding carboxylic acids is 2.